The zero-order chi connectivity index (χ0) is 13.7. The van der Waals surface area contributed by atoms with E-state index in [4.69, 9.17) is 4.74 Å². The number of ether oxygens (including phenoxy) is 1. The molecule has 0 aliphatic heterocycles. The number of amides is 1. The summed E-state index contributed by atoms with van der Waals surface area (Å²) in [6.45, 7) is 0.428. The Kier molecular flexibility index (Phi) is 4.54. The highest BCUT2D eigenvalue weighted by Crippen LogP contribution is 2.19. The molecule has 0 saturated carbocycles. The predicted molar refractivity (Wildman–Crippen MR) is 74.1 cm³/mol. The minimum absolute atomic E-state index is 0.415. The van der Waals surface area contributed by atoms with E-state index < -0.39 is 12.0 Å². The van der Waals surface area contributed by atoms with Crippen LogP contribution in [-0.2, 0) is 11.3 Å². The maximum absolute atomic E-state index is 11.8. The lowest BCUT2D eigenvalue weighted by atomic mass is 10.1. The van der Waals surface area contributed by atoms with E-state index in [0.29, 0.717) is 17.9 Å². The van der Waals surface area contributed by atoms with Gasteiger partial charge >= 0.3 is 0 Å². The molecule has 0 saturated heterocycles. The zero-order valence-corrected chi connectivity index (χ0v) is 11.3. The maximum atomic E-state index is 11.8. The van der Waals surface area contributed by atoms with E-state index in [2.05, 4.69) is 5.32 Å². The first-order valence-electron chi connectivity index (χ1n) is 5.83. The molecule has 5 heteroatoms. The molecule has 1 heterocycles. The second-order valence-electron chi connectivity index (χ2n) is 3.98. The van der Waals surface area contributed by atoms with Gasteiger partial charge in [-0.1, -0.05) is 18.2 Å². The third-order valence-corrected chi connectivity index (χ3v) is 3.55. The van der Waals surface area contributed by atoms with E-state index >= 15 is 0 Å². The largest absolute Gasteiger partial charge is 0.497 e. The van der Waals surface area contributed by atoms with Gasteiger partial charge in [-0.25, -0.2) is 0 Å². The summed E-state index contributed by atoms with van der Waals surface area (Å²) < 4.78 is 5.06. The van der Waals surface area contributed by atoms with E-state index in [-0.39, 0.29) is 0 Å². The van der Waals surface area contributed by atoms with Gasteiger partial charge in [0.1, 0.15) is 5.75 Å². The molecule has 0 radical (unpaired) electrons. The van der Waals surface area contributed by atoms with Crippen LogP contribution in [0.1, 0.15) is 16.5 Å². The number of rotatable bonds is 5. The standard InChI is InChI=1S/C14H15NO3S/c1-18-11-5-2-4-10(8-11)13(16)14(17)15-9-12-6-3-7-19-12/h2-8,13,16H,9H2,1H3,(H,15,17). The highest BCUT2D eigenvalue weighted by Gasteiger charge is 2.17. The second-order valence-corrected chi connectivity index (χ2v) is 5.01. The van der Waals surface area contributed by atoms with Crippen LogP contribution in [-0.4, -0.2) is 18.1 Å². The van der Waals surface area contributed by atoms with Gasteiger partial charge in [-0.3, -0.25) is 4.79 Å². The van der Waals surface area contributed by atoms with Crippen LogP contribution in [0.25, 0.3) is 0 Å². The van der Waals surface area contributed by atoms with Gasteiger partial charge in [-0.2, -0.15) is 0 Å². The molecule has 100 valence electrons. The van der Waals surface area contributed by atoms with Crippen LogP contribution in [0.4, 0.5) is 0 Å². The number of hydrogen-bond donors (Lipinski definition) is 2. The van der Waals surface area contributed by atoms with Gasteiger partial charge in [0.15, 0.2) is 6.10 Å². The van der Waals surface area contributed by atoms with E-state index in [0.717, 1.165) is 4.88 Å². The minimum Gasteiger partial charge on any atom is -0.497 e. The molecule has 2 rings (SSSR count). The van der Waals surface area contributed by atoms with Gasteiger partial charge in [0.2, 0.25) is 0 Å². The van der Waals surface area contributed by atoms with Gasteiger partial charge in [0.05, 0.1) is 13.7 Å². The molecule has 1 atom stereocenters. The molecule has 19 heavy (non-hydrogen) atoms. The Morgan fingerprint density at radius 2 is 2.26 bits per heavy atom. The summed E-state index contributed by atoms with van der Waals surface area (Å²) in [6.07, 6.45) is -1.19. The molecular weight excluding hydrogens is 262 g/mol. The number of carbonyl (C=O) groups is 1. The van der Waals surface area contributed by atoms with Crippen molar-refractivity contribution < 1.29 is 14.6 Å². The molecule has 2 aromatic rings. The Labute approximate surface area is 115 Å². The van der Waals surface area contributed by atoms with Crippen LogP contribution in [0.5, 0.6) is 5.75 Å². The SMILES string of the molecule is COc1cccc(C(O)C(=O)NCc2cccs2)c1. The number of nitrogens with one attached hydrogen (secondary N) is 1. The van der Waals surface area contributed by atoms with E-state index in [1.807, 2.05) is 17.5 Å². The second kappa shape index (κ2) is 6.36. The molecule has 1 amide bonds. The monoisotopic (exact) mass is 277 g/mol. The number of methoxy groups -OCH3 is 1. The summed E-state index contributed by atoms with van der Waals surface area (Å²) in [5.74, 6) is 0.198. The molecule has 0 spiro atoms. The first-order chi connectivity index (χ1) is 9.20. The van der Waals surface area contributed by atoms with Crippen LogP contribution in [0, 0.1) is 0 Å². The average Bonchev–Trinajstić information content (AvgIpc) is 2.97. The van der Waals surface area contributed by atoms with Crippen LogP contribution >= 0.6 is 11.3 Å². The lowest BCUT2D eigenvalue weighted by Gasteiger charge is -2.12. The van der Waals surface area contributed by atoms with Gasteiger partial charge < -0.3 is 15.2 Å². The molecule has 0 aliphatic rings. The first kappa shape index (κ1) is 13.6. The zero-order valence-electron chi connectivity index (χ0n) is 10.5. The summed E-state index contributed by atoms with van der Waals surface area (Å²) in [5.41, 5.74) is 0.517. The fourth-order valence-corrected chi connectivity index (χ4v) is 2.29. The Hall–Kier alpha value is -1.85. The third-order valence-electron chi connectivity index (χ3n) is 2.67. The molecule has 2 N–H and O–H groups in total. The fourth-order valence-electron chi connectivity index (χ4n) is 1.65. The normalized spacial score (nSPS) is 11.9. The number of hydrogen-bond acceptors (Lipinski definition) is 4. The first-order valence-corrected chi connectivity index (χ1v) is 6.71. The Morgan fingerprint density at radius 3 is 2.95 bits per heavy atom. The Morgan fingerprint density at radius 1 is 1.42 bits per heavy atom. The molecular formula is C14H15NO3S. The predicted octanol–water partition coefficient (Wildman–Crippen LogP) is 2.11. The lowest BCUT2D eigenvalue weighted by Crippen LogP contribution is -2.28. The van der Waals surface area contributed by atoms with Crippen molar-refractivity contribution in [3.8, 4) is 5.75 Å². The lowest BCUT2D eigenvalue weighted by molar-refractivity contribution is -0.129. The van der Waals surface area contributed by atoms with Crippen molar-refractivity contribution >= 4 is 17.2 Å². The van der Waals surface area contributed by atoms with Crippen molar-refractivity contribution in [1.29, 1.82) is 0 Å². The van der Waals surface area contributed by atoms with E-state index in [1.165, 1.54) is 0 Å². The summed E-state index contributed by atoms with van der Waals surface area (Å²) >= 11 is 1.56. The van der Waals surface area contributed by atoms with Crippen molar-refractivity contribution in [2.24, 2.45) is 0 Å². The third kappa shape index (κ3) is 3.56. The van der Waals surface area contributed by atoms with Gasteiger partial charge in [-0.05, 0) is 29.1 Å². The molecule has 0 bridgehead atoms. The summed E-state index contributed by atoms with van der Waals surface area (Å²) in [6, 6.07) is 10.7. The minimum atomic E-state index is -1.19. The fraction of sp³-hybridized carbons (Fsp3) is 0.214. The van der Waals surface area contributed by atoms with Crippen LogP contribution in [0.3, 0.4) is 0 Å². The quantitative estimate of drug-likeness (QED) is 0.880. The van der Waals surface area contributed by atoms with Gasteiger partial charge in [-0.15, -0.1) is 11.3 Å². The molecule has 1 aromatic heterocycles. The van der Waals surface area contributed by atoms with Crippen molar-refractivity contribution in [3.05, 3.63) is 52.2 Å². The summed E-state index contributed by atoms with van der Waals surface area (Å²) in [5, 5.41) is 14.6. The Bertz CT molecular complexity index is 539. The highest BCUT2D eigenvalue weighted by molar-refractivity contribution is 7.09. The molecule has 1 unspecified atom stereocenters. The van der Waals surface area contributed by atoms with Crippen molar-refractivity contribution in [2.45, 2.75) is 12.6 Å². The van der Waals surface area contributed by atoms with Crippen LogP contribution in [0.15, 0.2) is 41.8 Å². The molecule has 4 nitrogen and oxygen atoms in total. The smallest absolute Gasteiger partial charge is 0.253 e. The van der Waals surface area contributed by atoms with E-state index in [1.54, 1.807) is 42.7 Å². The van der Waals surface area contributed by atoms with Crippen LogP contribution < -0.4 is 10.1 Å². The van der Waals surface area contributed by atoms with Crippen molar-refractivity contribution in [3.63, 3.8) is 0 Å². The number of aliphatic hydroxyl groups excluding tert-OH is 1. The average molecular weight is 277 g/mol. The van der Waals surface area contributed by atoms with Gasteiger partial charge in [0, 0.05) is 4.88 Å². The van der Waals surface area contributed by atoms with Crippen LogP contribution in [0.2, 0.25) is 0 Å². The van der Waals surface area contributed by atoms with E-state index in [9.17, 15) is 9.90 Å². The molecule has 0 aliphatic carbocycles. The maximum Gasteiger partial charge on any atom is 0.253 e. The number of aliphatic hydroxyl groups is 1. The topological polar surface area (TPSA) is 58.6 Å². The molecule has 1 aromatic carbocycles. The van der Waals surface area contributed by atoms with Crippen molar-refractivity contribution in [2.75, 3.05) is 7.11 Å². The summed E-state index contributed by atoms with van der Waals surface area (Å²) in [4.78, 5) is 12.9. The number of thiophene rings is 1. The Balaban J connectivity index is 1.97. The number of carbonyl (C=O) groups excluding carboxylic acids is 1. The summed E-state index contributed by atoms with van der Waals surface area (Å²) in [7, 11) is 1.54. The number of benzene rings is 1. The van der Waals surface area contributed by atoms with Gasteiger partial charge in [0.25, 0.3) is 5.91 Å². The highest BCUT2D eigenvalue weighted by atomic mass is 32.1. The molecule has 0 fully saturated rings. The van der Waals surface area contributed by atoms with Crippen molar-refractivity contribution in [1.82, 2.24) is 5.32 Å².